The van der Waals surface area contributed by atoms with Crippen molar-refractivity contribution in [3.05, 3.63) is 12.2 Å². The summed E-state index contributed by atoms with van der Waals surface area (Å²) < 4.78 is 31.6. The van der Waals surface area contributed by atoms with Crippen LogP contribution in [0.25, 0.3) is 0 Å². The van der Waals surface area contributed by atoms with Crippen molar-refractivity contribution >= 4 is 23.4 Å². The molecule has 1 amide bonds. The van der Waals surface area contributed by atoms with Gasteiger partial charge in [0.05, 0.1) is 37.1 Å². The van der Waals surface area contributed by atoms with Gasteiger partial charge in [-0.2, -0.15) is 0 Å². The molecule has 2 bridgehead atoms. The fourth-order valence-electron chi connectivity index (χ4n) is 7.61. The third kappa shape index (κ3) is 8.95. The molecule has 47 heavy (non-hydrogen) atoms. The van der Waals surface area contributed by atoms with Gasteiger partial charge in [0, 0.05) is 30.5 Å². The van der Waals surface area contributed by atoms with Crippen LogP contribution in [0.1, 0.15) is 81.6 Å². The molecule has 0 aromatic rings. The van der Waals surface area contributed by atoms with Crippen LogP contribution in [0.2, 0.25) is 0 Å². The molecular weight excluding hydrogens is 608 g/mol. The van der Waals surface area contributed by atoms with E-state index in [-0.39, 0.29) is 38.2 Å². The summed E-state index contributed by atoms with van der Waals surface area (Å²) in [4.78, 5) is 46.7. The molecule has 0 spiro atoms. The molecule has 0 aromatic heterocycles. The van der Waals surface area contributed by atoms with Gasteiger partial charge in [0.2, 0.25) is 5.91 Å². The maximum absolute atomic E-state index is 14.2. The van der Waals surface area contributed by atoms with Crippen molar-refractivity contribution in [2.45, 2.75) is 136 Å². The van der Waals surface area contributed by atoms with Crippen LogP contribution >= 0.6 is 0 Å². The van der Waals surface area contributed by atoms with E-state index in [4.69, 9.17) is 23.7 Å². The Labute approximate surface area is 280 Å². The summed E-state index contributed by atoms with van der Waals surface area (Å²) in [6, 6.07) is -0.264. The van der Waals surface area contributed by atoms with E-state index in [0.717, 1.165) is 0 Å². The van der Waals surface area contributed by atoms with Crippen LogP contribution < -0.4 is 0 Å². The van der Waals surface area contributed by atoms with Gasteiger partial charge in [-0.1, -0.05) is 39.8 Å². The summed E-state index contributed by atoms with van der Waals surface area (Å²) in [5.74, 6) is -4.80. The number of carbonyl (C=O) groups is 3. The average Bonchev–Trinajstić information content (AvgIpc) is 2.99. The first-order valence-electron chi connectivity index (χ1n) is 17.0. The van der Waals surface area contributed by atoms with Crippen LogP contribution in [0.15, 0.2) is 17.1 Å². The van der Waals surface area contributed by atoms with Gasteiger partial charge in [-0.3, -0.25) is 14.4 Å². The minimum atomic E-state index is -1.71. The molecule has 2 saturated heterocycles. The van der Waals surface area contributed by atoms with Crippen molar-refractivity contribution < 1.29 is 48.3 Å². The van der Waals surface area contributed by atoms with E-state index in [1.54, 1.807) is 32.9 Å². The highest BCUT2D eigenvalue weighted by Crippen LogP contribution is 2.39. The molecule has 2 N–H and O–H groups in total. The molecule has 13 atom stereocenters. The van der Waals surface area contributed by atoms with E-state index in [1.807, 2.05) is 46.7 Å². The van der Waals surface area contributed by atoms with Gasteiger partial charge in [0.1, 0.15) is 23.7 Å². The standard InChI is InChI=1S/C35H58N2O10/c1-12-26-35(9,42)31-21(4)27(36-24(7)38)19(2)18-34(8,44-16-14-13-15-43-31)30(22(5)28(39)23(6)32(41)46-26)47-33-29(40)25(37(10)11)17-20(3)45-33/h13-14,19-23,25-26,29-31,33,40,42H,12,15-18H2,1-11H3/b14-13+,36-27?/t19-,20-,21+,22+,23-,25+,26-,29-,30-,31-,33+,34-,35-/m1/s1. The molecule has 2 fully saturated rings. The van der Waals surface area contributed by atoms with E-state index in [2.05, 4.69) is 4.99 Å². The maximum atomic E-state index is 14.2. The molecule has 12 nitrogen and oxygen atoms in total. The number of nitrogens with zero attached hydrogens (tertiary/aromatic N) is 2. The number of aliphatic hydroxyl groups excluding tert-OH is 1. The smallest absolute Gasteiger partial charge is 0.316 e. The van der Waals surface area contributed by atoms with Crippen molar-refractivity contribution in [3.63, 3.8) is 0 Å². The van der Waals surface area contributed by atoms with E-state index in [1.165, 1.54) is 13.8 Å². The molecule has 0 aliphatic carbocycles. The lowest BCUT2D eigenvalue weighted by molar-refractivity contribution is -0.296. The largest absolute Gasteiger partial charge is 0.459 e. The van der Waals surface area contributed by atoms with Crippen molar-refractivity contribution in [1.29, 1.82) is 0 Å². The summed E-state index contributed by atoms with van der Waals surface area (Å²) in [6.07, 6.45) is -0.717. The van der Waals surface area contributed by atoms with Crippen LogP contribution in [0, 0.1) is 23.7 Å². The van der Waals surface area contributed by atoms with Crippen molar-refractivity contribution in [3.8, 4) is 0 Å². The first-order chi connectivity index (χ1) is 21.8. The van der Waals surface area contributed by atoms with Gasteiger partial charge in [0.25, 0.3) is 0 Å². The van der Waals surface area contributed by atoms with Gasteiger partial charge in [-0.25, -0.2) is 4.99 Å². The van der Waals surface area contributed by atoms with E-state index in [9.17, 15) is 24.6 Å². The van der Waals surface area contributed by atoms with Crippen LogP contribution in [-0.2, 0) is 38.1 Å². The predicted molar refractivity (Wildman–Crippen MR) is 176 cm³/mol. The molecule has 3 rings (SSSR count). The highest BCUT2D eigenvalue weighted by atomic mass is 16.7. The van der Waals surface area contributed by atoms with Crippen LogP contribution in [0.4, 0.5) is 0 Å². The second-order valence-electron chi connectivity index (χ2n) is 14.4. The Morgan fingerprint density at radius 2 is 1.72 bits per heavy atom. The Balaban J connectivity index is 2.27. The molecule has 268 valence electrons. The van der Waals surface area contributed by atoms with Crippen molar-refractivity contribution in [1.82, 2.24) is 4.90 Å². The summed E-state index contributed by atoms with van der Waals surface area (Å²) in [6.45, 7) is 15.6. The number of rotatable bonds is 4. The Kier molecular flexibility index (Phi) is 13.5. The topological polar surface area (TPSA) is 153 Å². The first-order valence-corrected chi connectivity index (χ1v) is 17.0. The minimum Gasteiger partial charge on any atom is -0.459 e. The Morgan fingerprint density at radius 3 is 2.32 bits per heavy atom. The van der Waals surface area contributed by atoms with Crippen LogP contribution in [-0.4, -0.2) is 120 Å². The van der Waals surface area contributed by atoms with Crippen molar-refractivity contribution in [2.75, 3.05) is 27.3 Å². The summed E-state index contributed by atoms with van der Waals surface area (Å²) in [5.41, 5.74) is -2.45. The second-order valence-corrected chi connectivity index (χ2v) is 14.4. The Bertz CT molecular complexity index is 1170. The van der Waals surface area contributed by atoms with Crippen LogP contribution in [0.3, 0.4) is 0 Å². The second kappa shape index (κ2) is 16.1. The number of hydrogen-bond donors (Lipinski definition) is 2. The zero-order valence-electron chi connectivity index (χ0n) is 30.1. The number of hydrogen-bond acceptors (Lipinski definition) is 11. The number of aliphatic imine (C=N–C) groups is 1. The highest BCUT2D eigenvalue weighted by Gasteiger charge is 2.52. The molecule has 0 saturated carbocycles. The number of likely N-dealkylation sites (N-methyl/N-ethyl adjacent to an activating group) is 1. The molecule has 3 aliphatic heterocycles. The van der Waals surface area contributed by atoms with Gasteiger partial charge in [-0.05, 0) is 67.0 Å². The maximum Gasteiger partial charge on any atom is 0.316 e. The first kappa shape index (κ1) is 39.4. The number of amides is 1. The summed E-state index contributed by atoms with van der Waals surface area (Å²) >= 11 is 0. The molecule has 0 unspecified atom stereocenters. The lowest BCUT2D eigenvalue weighted by Gasteiger charge is -2.48. The average molecular weight is 667 g/mol. The molecule has 12 heteroatoms. The fourth-order valence-corrected chi connectivity index (χ4v) is 7.61. The number of ketones is 1. The number of fused-ring (bicyclic) bond motifs is 5. The van der Waals surface area contributed by atoms with Gasteiger partial charge in [-0.15, -0.1) is 0 Å². The minimum absolute atomic E-state index is 0.106. The number of cyclic esters (lactones) is 1. The van der Waals surface area contributed by atoms with Gasteiger partial charge in [0.15, 0.2) is 12.1 Å². The fraction of sp³-hybridized carbons (Fsp3) is 0.829. The molecular formula is C35H58N2O10. The number of aliphatic hydroxyl groups is 2. The van der Waals surface area contributed by atoms with Gasteiger partial charge >= 0.3 is 5.97 Å². The van der Waals surface area contributed by atoms with E-state index >= 15 is 0 Å². The lowest BCUT2D eigenvalue weighted by Crippen LogP contribution is -2.60. The molecule has 0 aromatic carbocycles. The number of Topliss-reactive ketones (excluding diaryl/α,β-unsaturated/α-hetero) is 1. The number of carbonyl (C=O) groups excluding carboxylic acids is 3. The summed E-state index contributed by atoms with van der Waals surface area (Å²) in [7, 11) is 3.76. The normalized spacial score (nSPS) is 44.6. The quantitative estimate of drug-likeness (QED) is 0.259. The Morgan fingerprint density at radius 1 is 1.09 bits per heavy atom. The summed E-state index contributed by atoms with van der Waals surface area (Å²) in [5, 5.41) is 23.5. The van der Waals surface area contributed by atoms with E-state index < -0.39 is 83.2 Å². The Hall–Kier alpha value is -2.06. The number of esters is 1. The third-order valence-corrected chi connectivity index (χ3v) is 10.2. The highest BCUT2D eigenvalue weighted by molar-refractivity contribution is 6.00. The molecule has 0 radical (unpaired) electrons. The molecule has 3 heterocycles. The van der Waals surface area contributed by atoms with Crippen LogP contribution in [0.5, 0.6) is 0 Å². The number of ether oxygens (including phenoxy) is 5. The molecule has 3 aliphatic rings. The monoisotopic (exact) mass is 666 g/mol. The van der Waals surface area contributed by atoms with E-state index in [0.29, 0.717) is 12.1 Å². The zero-order chi connectivity index (χ0) is 35.4. The van der Waals surface area contributed by atoms with Gasteiger partial charge < -0.3 is 38.8 Å². The van der Waals surface area contributed by atoms with Crippen molar-refractivity contribution in [2.24, 2.45) is 28.7 Å². The lowest BCUT2D eigenvalue weighted by atomic mass is 9.73. The SMILES string of the molecule is CC[C@H]1OC(=O)[C@H](C)C(=O)[C@H](C)[C@@H](O[C@@H]2O[C@H](C)C[C@H](N(C)C)[C@H]2O)[C@@]2(C)C[C@@H](C)C(=NC(C)=O)[C@H](C)[C@@H](OC/C=C/CO2)[C@]1(C)O. The predicted octanol–water partition coefficient (Wildman–Crippen LogP) is 3.11. The zero-order valence-corrected chi connectivity index (χ0v) is 30.1. The third-order valence-electron chi connectivity index (χ3n) is 10.2.